The first kappa shape index (κ1) is 16.1. The van der Waals surface area contributed by atoms with Gasteiger partial charge in [0.2, 0.25) is 5.91 Å². The second-order valence-corrected chi connectivity index (χ2v) is 8.01. The number of anilines is 1. The molecule has 0 unspecified atom stereocenters. The third kappa shape index (κ3) is 3.29. The van der Waals surface area contributed by atoms with Gasteiger partial charge in [0.15, 0.2) is 5.82 Å². The quantitative estimate of drug-likeness (QED) is 0.861. The van der Waals surface area contributed by atoms with E-state index >= 15 is 0 Å². The fourth-order valence-corrected chi connectivity index (χ4v) is 4.55. The number of nitrogens with one attached hydrogen (secondary N) is 2. The summed E-state index contributed by atoms with van der Waals surface area (Å²) in [4.78, 5) is 13.3. The Hall–Kier alpha value is -1.75. The van der Waals surface area contributed by atoms with E-state index in [1.54, 1.807) is 13.0 Å². The normalized spacial score (nSPS) is 24.4. The van der Waals surface area contributed by atoms with Gasteiger partial charge < -0.3 is 9.84 Å². The van der Waals surface area contributed by atoms with Crippen LogP contribution < -0.4 is 10.0 Å². The Labute approximate surface area is 137 Å². The Morgan fingerprint density at radius 3 is 2.96 bits per heavy atom. The number of aryl methyl sites for hydroxylation is 1. The van der Waals surface area contributed by atoms with Crippen LogP contribution in [-0.2, 0) is 15.0 Å². The average Bonchev–Trinajstić information content (AvgIpc) is 3.13. The van der Waals surface area contributed by atoms with Crippen molar-refractivity contribution in [3.8, 4) is 0 Å². The van der Waals surface area contributed by atoms with Crippen molar-refractivity contribution in [3.63, 3.8) is 0 Å². The second kappa shape index (κ2) is 6.04. The number of amides is 1. The zero-order chi connectivity index (χ0) is 16.6. The minimum absolute atomic E-state index is 0.268. The summed E-state index contributed by atoms with van der Waals surface area (Å²) in [7, 11) is -2.35. The van der Waals surface area contributed by atoms with Crippen LogP contribution in [0.2, 0.25) is 0 Å². The van der Waals surface area contributed by atoms with E-state index in [1.165, 1.54) is 18.4 Å². The molecule has 0 radical (unpaired) electrons. The molecule has 2 aromatic heterocycles. The Kier molecular flexibility index (Phi) is 4.23. The summed E-state index contributed by atoms with van der Waals surface area (Å²) in [5.41, 5.74) is 0. The first-order valence-electron chi connectivity index (χ1n) is 6.89. The number of likely N-dealkylation sites (N-methyl/N-ethyl adjacent to an activating group) is 1. The Bertz CT molecular complexity index is 800. The van der Waals surface area contributed by atoms with Gasteiger partial charge in [-0.25, -0.2) is 0 Å². The maximum atomic E-state index is 12.5. The molecule has 8 nitrogen and oxygen atoms in total. The average molecular weight is 356 g/mol. The number of carbonyl (C=O) groups is 1. The molecule has 23 heavy (non-hydrogen) atoms. The molecule has 10 heteroatoms. The van der Waals surface area contributed by atoms with E-state index in [0.29, 0.717) is 12.2 Å². The summed E-state index contributed by atoms with van der Waals surface area (Å²) in [6.07, 6.45) is 0.332. The van der Waals surface area contributed by atoms with Crippen LogP contribution in [0.15, 0.2) is 28.1 Å². The minimum atomic E-state index is -3.73. The van der Waals surface area contributed by atoms with Crippen LogP contribution in [0.25, 0.3) is 0 Å². The number of nitrogens with zero attached hydrogens (tertiary/aromatic N) is 2. The lowest BCUT2D eigenvalue weighted by atomic mass is 10.1. The highest BCUT2D eigenvalue weighted by atomic mass is 32.2. The molecule has 2 atom stereocenters. The van der Waals surface area contributed by atoms with Gasteiger partial charge >= 0.3 is 0 Å². The van der Waals surface area contributed by atoms with E-state index in [-0.39, 0.29) is 5.82 Å². The van der Waals surface area contributed by atoms with Crippen molar-refractivity contribution in [2.45, 2.75) is 25.4 Å². The van der Waals surface area contributed by atoms with E-state index in [9.17, 15) is 13.2 Å². The van der Waals surface area contributed by atoms with Crippen LogP contribution >= 0.6 is 11.3 Å². The lowest BCUT2D eigenvalue weighted by Crippen LogP contribution is -2.55. The van der Waals surface area contributed by atoms with Gasteiger partial charge in [-0.05, 0) is 24.8 Å². The van der Waals surface area contributed by atoms with Gasteiger partial charge in [-0.15, -0.1) is 11.3 Å². The highest BCUT2D eigenvalue weighted by Gasteiger charge is 2.41. The molecule has 0 bridgehead atoms. The van der Waals surface area contributed by atoms with Crippen LogP contribution in [-0.4, -0.2) is 36.9 Å². The molecule has 2 aromatic rings. The predicted molar refractivity (Wildman–Crippen MR) is 85.2 cm³/mol. The number of carbonyl (C=O) groups excluding carboxylic acids is 1. The van der Waals surface area contributed by atoms with Crippen LogP contribution in [0, 0.1) is 6.92 Å². The molecule has 0 aromatic carbocycles. The fourth-order valence-electron chi connectivity index (χ4n) is 2.42. The molecule has 0 saturated carbocycles. The van der Waals surface area contributed by atoms with Gasteiger partial charge in [-0.1, -0.05) is 11.2 Å². The Morgan fingerprint density at radius 2 is 2.35 bits per heavy atom. The van der Waals surface area contributed by atoms with Gasteiger partial charge in [0.25, 0.3) is 10.2 Å². The molecule has 1 aliphatic heterocycles. The van der Waals surface area contributed by atoms with E-state index in [2.05, 4.69) is 15.2 Å². The summed E-state index contributed by atoms with van der Waals surface area (Å²) in [5.74, 6) is 0.389. The monoisotopic (exact) mass is 356 g/mol. The number of hydrogen-bond donors (Lipinski definition) is 2. The van der Waals surface area contributed by atoms with Gasteiger partial charge in [0, 0.05) is 18.0 Å². The Balaban J connectivity index is 1.82. The van der Waals surface area contributed by atoms with E-state index in [0.717, 1.165) is 9.18 Å². The molecule has 1 amide bonds. The minimum Gasteiger partial charge on any atom is -0.360 e. The molecule has 0 aliphatic carbocycles. The summed E-state index contributed by atoms with van der Waals surface area (Å²) in [5, 5.41) is 8.15. The molecule has 1 aliphatic rings. The highest BCUT2D eigenvalue weighted by Crippen LogP contribution is 2.30. The molecular formula is C13H16N4O4S2. The van der Waals surface area contributed by atoms with Crippen molar-refractivity contribution >= 4 is 33.3 Å². The van der Waals surface area contributed by atoms with Crippen LogP contribution in [0.3, 0.4) is 0 Å². The molecule has 2 N–H and O–H groups in total. The second-order valence-electron chi connectivity index (χ2n) is 5.27. The topological polar surface area (TPSA) is 105 Å². The van der Waals surface area contributed by atoms with E-state index < -0.39 is 28.2 Å². The maximum Gasteiger partial charge on any atom is 0.280 e. The van der Waals surface area contributed by atoms with Crippen LogP contribution in [0.5, 0.6) is 0 Å². The van der Waals surface area contributed by atoms with Gasteiger partial charge in [0.05, 0.1) is 6.04 Å². The first-order valence-corrected chi connectivity index (χ1v) is 9.21. The summed E-state index contributed by atoms with van der Waals surface area (Å²) in [6.45, 7) is 1.70. The summed E-state index contributed by atoms with van der Waals surface area (Å²) >= 11 is 1.45. The third-order valence-corrected chi connectivity index (χ3v) is 6.22. The molecule has 1 fully saturated rings. The standard InChI is InChI=1S/C13H16N4O4S2/c1-8-6-12(15-21-8)14-13(18)10-7-9(11-4-3-5-22-11)16-23(19,20)17(10)2/h3-6,9-10,16H,7H2,1-2H3,(H,14,15,18)/t9-,10+/m1/s1. The molecule has 0 spiro atoms. The van der Waals surface area contributed by atoms with Gasteiger partial charge in [-0.3, -0.25) is 4.79 Å². The van der Waals surface area contributed by atoms with E-state index in [4.69, 9.17) is 4.52 Å². The van der Waals surface area contributed by atoms with Crippen molar-refractivity contribution in [3.05, 3.63) is 34.2 Å². The van der Waals surface area contributed by atoms with Crippen LogP contribution in [0.1, 0.15) is 23.1 Å². The maximum absolute atomic E-state index is 12.5. The zero-order valence-electron chi connectivity index (χ0n) is 12.5. The molecular weight excluding hydrogens is 340 g/mol. The lowest BCUT2D eigenvalue weighted by Gasteiger charge is -2.35. The molecule has 3 rings (SSSR count). The van der Waals surface area contributed by atoms with Crippen molar-refractivity contribution < 1.29 is 17.7 Å². The number of rotatable bonds is 3. The number of hydrogen-bond acceptors (Lipinski definition) is 6. The number of thiophene rings is 1. The largest absolute Gasteiger partial charge is 0.360 e. The Morgan fingerprint density at radius 1 is 1.57 bits per heavy atom. The summed E-state index contributed by atoms with van der Waals surface area (Å²) in [6, 6.07) is 4.01. The van der Waals surface area contributed by atoms with Crippen LogP contribution in [0.4, 0.5) is 5.82 Å². The predicted octanol–water partition coefficient (Wildman–Crippen LogP) is 1.26. The van der Waals surface area contributed by atoms with Crippen molar-refractivity contribution in [2.75, 3.05) is 12.4 Å². The third-order valence-electron chi connectivity index (χ3n) is 3.64. The smallest absolute Gasteiger partial charge is 0.280 e. The van der Waals surface area contributed by atoms with E-state index in [1.807, 2.05) is 17.5 Å². The molecule has 1 saturated heterocycles. The van der Waals surface area contributed by atoms with Crippen molar-refractivity contribution in [2.24, 2.45) is 0 Å². The summed E-state index contributed by atoms with van der Waals surface area (Å²) < 4.78 is 33.1. The van der Waals surface area contributed by atoms with Crippen molar-refractivity contribution in [1.29, 1.82) is 0 Å². The SMILES string of the molecule is Cc1cc(NC(=O)[C@@H]2C[C@H](c3cccs3)NS(=O)(=O)N2C)no1. The van der Waals surface area contributed by atoms with Crippen molar-refractivity contribution in [1.82, 2.24) is 14.2 Å². The van der Waals surface area contributed by atoms with Gasteiger partial charge in [0.1, 0.15) is 11.8 Å². The molecule has 124 valence electrons. The van der Waals surface area contributed by atoms with Gasteiger partial charge in [-0.2, -0.15) is 17.4 Å². The highest BCUT2D eigenvalue weighted by molar-refractivity contribution is 7.87. The first-order chi connectivity index (χ1) is 10.9. The lowest BCUT2D eigenvalue weighted by molar-refractivity contribution is -0.120. The number of aromatic nitrogens is 1. The fraction of sp³-hybridized carbons (Fsp3) is 0.385. The molecule has 3 heterocycles. The zero-order valence-corrected chi connectivity index (χ0v) is 14.1.